The summed E-state index contributed by atoms with van der Waals surface area (Å²) in [5.41, 5.74) is 1.26. The lowest BCUT2D eigenvalue weighted by Crippen LogP contribution is -2.51. The molecule has 3 rings (SSSR count). The van der Waals surface area contributed by atoms with Crippen molar-refractivity contribution in [3.8, 4) is 5.75 Å². The van der Waals surface area contributed by atoms with Crippen LogP contribution in [-0.4, -0.2) is 56.8 Å². The van der Waals surface area contributed by atoms with E-state index in [1.54, 1.807) is 7.11 Å². The van der Waals surface area contributed by atoms with Crippen LogP contribution in [0.1, 0.15) is 18.4 Å². The Morgan fingerprint density at radius 2 is 2.13 bits per heavy atom. The highest BCUT2D eigenvalue weighted by Gasteiger charge is 2.30. The third-order valence-electron chi connectivity index (χ3n) is 4.83. The quantitative estimate of drug-likeness (QED) is 0.913. The zero-order valence-corrected chi connectivity index (χ0v) is 13.8. The predicted molar refractivity (Wildman–Crippen MR) is 88.6 cm³/mol. The first-order valence-corrected chi connectivity index (χ1v) is 8.51. The molecule has 2 aliphatic heterocycles. The third kappa shape index (κ3) is 4.03. The average Bonchev–Trinajstić information content (AvgIpc) is 2.63. The monoisotopic (exact) mass is 318 g/mol. The summed E-state index contributed by atoms with van der Waals surface area (Å²) in [4.78, 5) is 14.4. The molecule has 1 atom stereocenters. The van der Waals surface area contributed by atoms with E-state index >= 15 is 0 Å². The molecule has 126 valence electrons. The molecule has 5 nitrogen and oxygen atoms in total. The van der Waals surface area contributed by atoms with Gasteiger partial charge in [-0.15, -0.1) is 0 Å². The second-order valence-electron chi connectivity index (χ2n) is 6.35. The first-order valence-electron chi connectivity index (χ1n) is 8.51. The van der Waals surface area contributed by atoms with Gasteiger partial charge in [-0.3, -0.25) is 4.79 Å². The maximum absolute atomic E-state index is 12.5. The molecule has 0 radical (unpaired) electrons. The van der Waals surface area contributed by atoms with Gasteiger partial charge in [0.2, 0.25) is 0 Å². The van der Waals surface area contributed by atoms with E-state index in [2.05, 4.69) is 17.4 Å². The van der Waals surface area contributed by atoms with Gasteiger partial charge in [0.25, 0.3) is 5.91 Å². The fraction of sp³-hybridized carbons (Fsp3) is 0.611. The Kier molecular flexibility index (Phi) is 5.51. The van der Waals surface area contributed by atoms with Gasteiger partial charge in [0.15, 0.2) is 0 Å². The van der Waals surface area contributed by atoms with Gasteiger partial charge in [0, 0.05) is 26.2 Å². The highest BCUT2D eigenvalue weighted by molar-refractivity contribution is 5.81. The minimum absolute atomic E-state index is 0.146. The highest BCUT2D eigenvalue weighted by Crippen LogP contribution is 2.27. The number of piperidine rings is 1. The van der Waals surface area contributed by atoms with Crippen LogP contribution in [0.2, 0.25) is 0 Å². The molecule has 0 bridgehead atoms. The second kappa shape index (κ2) is 7.79. The highest BCUT2D eigenvalue weighted by atomic mass is 16.5. The predicted octanol–water partition coefficient (Wildman–Crippen LogP) is 1.46. The number of hydrogen-bond donors (Lipinski definition) is 1. The number of morpholine rings is 1. The van der Waals surface area contributed by atoms with E-state index in [-0.39, 0.29) is 12.0 Å². The number of para-hydroxylation sites is 1. The van der Waals surface area contributed by atoms with Crippen LogP contribution in [0.15, 0.2) is 24.3 Å². The summed E-state index contributed by atoms with van der Waals surface area (Å²) >= 11 is 0. The Hall–Kier alpha value is -1.59. The summed E-state index contributed by atoms with van der Waals surface area (Å²) in [5, 5.41) is 3.22. The van der Waals surface area contributed by atoms with E-state index in [1.807, 2.05) is 17.0 Å². The Balaban J connectivity index is 1.51. The van der Waals surface area contributed by atoms with Crippen molar-refractivity contribution < 1.29 is 14.3 Å². The van der Waals surface area contributed by atoms with Crippen molar-refractivity contribution in [1.29, 1.82) is 0 Å². The first-order chi connectivity index (χ1) is 11.3. The van der Waals surface area contributed by atoms with Crippen LogP contribution < -0.4 is 10.1 Å². The molecular formula is C18H26N2O3. The SMILES string of the molecule is COc1ccccc1CC1CCN(C(=O)C2CNCCO2)CC1. The molecule has 2 aliphatic rings. The lowest BCUT2D eigenvalue weighted by Gasteiger charge is -2.35. The zero-order valence-electron chi connectivity index (χ0n) is 13.8. The number of hydrogen-bond acceptors (Lipinski definition) is 4. The molecule has 1 N–H and O–H groups in total. The molecule has 1 amide bonds. The van der Waals surface area contributed by atoms with Crippen LogP contribution in [-0.2, 0) is 16.0 Å². The number of nitrogens with one attached hydrogen (secondary N) is 1. The molecule has 0 spiro atoms. The normalized spacial score (nSPS) is 22.8. The van der Waals surface area contributed by atoms with Crippen molar-refractivity contribution in [2.75, 3.05) is 39.9 Å². The van der Waals surface area contributed by atoms with Gasteiger partial charge < -0.3 is 19.7 Å². The van der Waals surface area contributed by atoms with Crippen LogP contribution in [0, 0.1) is 5.92 Å². The van der Waals surface area contributed by atoms with E-state index in [4.69, 9.17) is 9.47 Å². The molecule has 0 aliphatic carbocycles. The first kappa shape index (κ1) is 16.3. The second-order valence-corrected chi connectivity index (χ2v) is 6.35. The molecule has 23 heavy (non-hydrogen) atoms. The number of rotatable bonds is 4. The number of carbonyl (C=O) groups is 1. The van der Waals surface area contributed by atoms with Crippen molar-refractivity contribution >= 4 is 5.91 Å². The lowest BCUT2D eigenvalue weighted by atomic mass is 9.89. The Morgan fingerprint density at radius 1 is 1.35 bits per heavy atom. The van der Waals surface area contributed by atoms with Gasteiger partial charge in [-0.2, -0.15) is 0 Å². The van der Waals surface area contributed by atoms with Crippen LogP contribution in [0.3, 0.4) is 0 Å². The fourth-order valence-corrected chi connectivity index (χ4v) is 3.47. The maximum atomic E-state index is 12.5. The molecule has 2 saturated heterocycles. The molecule has 2 heterocycles. The number of likely N-dealkylation sites (tertiary alicyclic amines) is 1. The van der Waals surface area contributed by atoms with E-state index in [0.29, 0.717) is 19.1 Å². The van der Waals surface area contributed by atoms with Crippen molar-refractivity contribution in [2.24, 2.45) is 5.92 Å². The van der Waals surface area contributed by atoms with E-state index in [9.17, 15) is 4.79 Å². The summed E-state index contributed by atoms with van der Waals surface area (Å²) in [6, 6.07) is 8.21. The third-order valence-corrected chi connectivity index (χ3v) is 4.83. The van der Waals surface area contributed by atoms with E-state index in [0.717, 1.165) is 44.6 Å². The Morgan fingerprint density at radius 3 is 2.83 bits per heavy atom. The largest absolute Gasteiger partial charge is 0.496 e. The van der Waals surface area contributed by atoms with Crippen molar-refractivity contribution in [3.05, 3.63) is 29.8 Å². The smallest absolute Gasteiger partial charge is 0.253 e. The Labute approximate surface area is 137 Å². The molecule has 1 aromatic rings. The van der Waals surface area contributed by atoms with Crippen LogP contribution >= 0.6 is 0 Å². The molecule has 2 fully saturated rings. The minimum Gasteiger partial charge on any atom is -0.496 e. The van der Waals surface area contributed by atoms with Crippen LogP contribution in [0.5, 0.6) is 5.75 Å². The van der Waals surface area contributed by atoms with Crippen LogP contribution in [0.25, 0.3) is 0 Å². The maximum Gasteiger partial charge on any atom is 0.253 e. The molecule has 0 saturated carbocycles. The number of carbonyl (C=O) groups excluding carboxylic acids is 1. The molecule has 1 unspecified atom stereocenters. The number of benzene rings is 1. The number of amides is 1. The summed E-state index contributed by atoms with van der Waals surface area (Å²) in [6.45, 7) is 3.77. The molecule has 1 aromatic carbocycles. The fourth-order valence-electron chi connectivity index (χ4n) is 3.47. The molecule has 5 heteroatoms. The standard InChI is InChI=1S/C18H26N2O3/c1-22-16-5-3-2-4-15(16)12-14-6-9-20(10-7-14)18(21)17-13-19-8-11-23-17/h2-5,14,17,19H,6-13H2,1H3. The van der Waals surface area contributed by atoms with Crippen LogP contribution in [0.4, 0.5) is 0 Å². The minimum atomic E-state index is -0.297. The summed E-state index contributed by atoms with van der Waals surface area (Å²) in [5.74, 6) is 1.72. The number of methoxy groups -OCH3 is 1. The summed E-state index contributed by atoms with van der Waals surface area (Å²) in [7, 11) is 1.72. The van der Waals surface area contributed by atoms with Gasteiger partial charge in [-0.1, -0.05) is 18.2 Å². The number of ether oxygens (including phenoxy) is 2. The van der Waals surface area contributed by atoms with Crippen molar-refractivity contribution in [2.45, 2.75) is 25.4 Å². The molecule has 0 aromatic heterocycles. The van der Waals surface area contributed by atoms with Gasteiger partial charge in [-0.05, 0) is 36.8 Å². The summed E-state index contributed by atoms with van der Waals surface area (Å²) < 4.78 is 11.0. The van der Waals surface area contributed by atoms with Gasteiger partial charge in [0.05, 0.1) is 13.7 Å². The van der Waals surface area contributed by atoms with Gasteiger partial charge >= 0.3 is 0 Å². The van der Waals surface area contributed by atoms with Crippen molar-refractivity contribution in [1.82, 2.24) is 10.2 Å². The van der Waals surface area contributed by atoms with E-state index in [1.165, 1.54) is 5.56 Å². The van der Waals surface area contributed by atoms with Crippen molar-refractivity contribution in [3.63, 3.8) is 0 Å². The number of nitrogens with zero attached hydrogens (tertiary/aromatic N) is 1. The zero-order chi connectivity index (χ0) is 16.1. The topological polar surface area (TPSA) is 50.8 Å². The van der Waals surface area contributed by atoms with Gasteiger partial charge in [-0.25, -0.2) is 0 Å². The Bertz CT molecular complexity index is 521. The lowest BCUT2D eigenvalue weighted by molar-refractivity contribution is -0.146. The van der Waals surface area contributed by atoms with Gasteiger partial charge in [0.1, 0.15) is 11.9 Å². The average molecular weight is 318 g/mol. The summed E-state index contributed by atoms with van der Waals surface area (Å²) in [6.07, 6.45) is 2.82. The van der Waals surface area contributed by atoms with E-state index < -0.39 is 0 Å². The molecular weight excluding hydrogens is 292 g/mol.